The van der Waals surface area contributed by atoms with E-state index in [4.69, 9.17) is 9.15 Å². The van der Waals surface area contributed by atoms with E-state index in [1.807, 2.05) is 30.3 Å². The van der Waals surface area contributed by atoms with E-state index in [1.54, 1.807) is 18.2 Å². The molecule has 0 aliphatic carbocycles. The molecule has 0 unspecified atom stereocenters. The second-order valence-electron chi connectivity index (χ2n) is 5.71. The maximum Gasteiger partial charge on any atom is 0.343 e. The summed E-state index contributed by atoms with van der Waals surface area (Å²) in [5.41, 5.74) is 1.85. The third-order valence-corrected chi connectivity index (χ3v) is 3.88. The third kappa shape index (κ3) is 3.38. The Balaban J connectivity index is 1.60. The summed E-state index contributed by atoms with van der Waals surface area (Å²) >= 11 is 0. The van der Waals surface area contributed by atoms with Crippen LogP contribution in [0.15, 0.2) is 77.2 Å². The van der Waals surface area contributed by atoms with Crippen LogP contribution < -0.4 is 4.74 Å². The van der Waals surface area contributed by atoms with Gasteiger partial charge in [0.05, 0.1) is 10.5 Å². The minimum absolute atomic E-state index is 0.0897. The molecule has 0 aliphatic heterocycles. The van der Waals surface area contributed by atoms with E-state index in [-0.39, 0.29) is 17.0 Å². The largest absolute Gasteiger partial charge is 0.436 e. The summed E-state index contributed by atoms with van der Waals surface area (Å²) in [6.45, 7) is 0. The van der Waals surface area contributed by atoms with Crippen LogP contribution in [0, 0.1) is 10.1 Å². The summed E-state index contributed by atoms with van der Waals surface area (Å²) in [5, 5.41) is 10.8. The van der Waals surface area contributed by atoms with E-state index in [1.165, 1.54) is 24.3 Å². The maximum absolute atomic E-state index is 12.3. The van der Waals surface area contributed by atoms with Crippen molar-refractivity contribution in [1.82, 2.24) is 4.98 Å². The highest BCUT2D eigenvalue weighted by Gasteiger charge is 2.15. The van der Waals surface area contributed by atoms with Crippen LogP contribution in [0.3, 0.4) is 0 Å². The number of non-ortho nitro benzene ring substituents is 1. The molecule has 1 aromatic heterocycles. The number of oxazole rings is 1. The van der Waals surface area contributed by atoms with Gasteiger partial charge in [-0.05, 0) is 30.3 Å². The number of nitro groups is 1. The van der Waals surface area contributed by atoms with Crippen molar-refractivity contribution in [2.45, 2.75) is 0 Å². The van der Waals surface area contributed by atoms with Crippen molar-refractivity contribution in [3.05, 3.63) is 88.5 Å². The predicted molar refractivity (Wildman–Crippen MR) is 97.5 cm³/mol. The van der Waals surface area contributed by atoms with Crippen molar-refractivity contribution in [2.75, 3.05) is 0 Å². The van der Waals surface area contributed by atoms with Crippen molar-refractivity contribution in [3.8, 4) is 17.2 Å². The van der Waals surface area contributed by atoms with Crippen molar-refractivity contribution in [3.63, 3.8) is 0 Å². The number of hydrogen-bond acceptors (Lipinski definition) is 6. The number of rotatable bonds is 4. The fraction of sp³-hybridized carbons (Fsp3) is 0. The number of fused-ring (bicyclic) bond motifs is 1. The van der Waals surface area contributed by atoms with Crippen LogP contribution in [0.4, 0.5) is 5.69 Å². The molecule has 7 nitrogen and oxygen atoms in total. The van der Waals surface area contributed by atoms with Gasteiger partial charge in [-0.1, -0.05) is 24.3 Å². The van der Waals surface area contributed by atoms with Crippen LogP contribution >= 0.6 is 0 Å². The van der Waals surface area contributed by atoms with Crippen LogP contribution in [-0.2, 0) is 0 Å². The zero-order valence-electron chi connectivity index (χ0n) is 13.9. The summed E-state index contributed by atoms with van der Waals surface area (Å²) in [7, 11) is 0. The molecule has 7 heteroatoms. The third-order valence-electron chi connectivity index (χ3n) is 3.88. The highest BCUT2D eigenvalue weighted by molar-refractivity contribution is 5.92. The summed E-state index contributed by atoms with van der Waals surface area (Å²) in [4.78, 5) is 26.9. The number of ether oxygens (including phenoxy) is 1. The van der Waals surface area contributed by atoms with Crippen LogP contribution in [-0.4, -0.2) is 15.9 Å². The lowest BCUT2D eigenvalue weighted by atomic mass is 10.2. The summed E-state index contributed by atoms with van der Waals surface area (Å²) in [5.74, 6) is 0.0309. The molecule has 132 valence electrons. The van der Waals surface area contributed by atoms with Gasteiger partial charge in [-0.3, -0.25) is 10.1 Å². The average molecular weight is 360 g/mol. The molecular weight excluding hydrogens is 348 g/mol. The second-order valence-corrected chi connectivity index (χ2v) is 5.71. The van der Waals surface area contributed by atoms with Gasteiger partial charge >= 0.3 is 5.97 Å². The van der Waals surface area contributed by atoms with Gasteiger partial charge in [-0.15, -0.1) is 0 Å². The Kier molecular flexibility index (Phi) is 4.10. The minimum atomic E-state index is -0.694. The quantitative estimate of drug-likeness (QED) is 0.228. The molecule has 1 heterocycles. The molecule has 0 spiro atoms. The van der Waals surface area contributed by atoms with Gasteiger partial charge in [-0.2, -0.15) is 0 Å². The van der Waals surface area contributed by atoms with E-state index in [0.29, 0.717) is 17.0 Å². The lowest BCUT2D eigenvalue weighted by Gasteiger charge is -2.03. The first-order valence-corrected chi connectivity index (χ1v) is 8.03. The molecule has 3 aromatic carbocycles. The fourth-order valence-electron chi connectivity index (χ4n) is 2.59. The van der Waals surface area contributed by atoms with E-state index < -0.39 is 10.9 Å². The molecule has 0 radical (unpaired) electrons. The summed E-state index contributed by atoms with van der Waals surface area (Å²) < 4.78 is 11.0. The van der Waals surface area contributed by atoms with Crippen molar-refractivity contribution < 1.29 is 18.9 Å². The zero-order chi connectivity index (χ0) is 18.8. The van der Waals surface area contributed by atoms with Gasteiger partial charge in [0.1, 0.15) is 11.3 Å². The first-order chi connectivity index (χ1) is 13.1. The molecule has 0 saturated heterocycles. The Labute approximate surface area is 153 Å². The SMILES string of the molecule is O=C(Oc1ccc2nc(-c3ccccc3)oc2c1)c1cccc([N+](=O)[O-])c1. The van der Waals surface area contributed by atoms with E-state index >= 15 is 0 Å². The average Bonchev–Trinajstić information content (AvgIpc) is 3.12. The molecule has 4 aromatic rings. The van der Waals surface area contributed by atoms with Crippen LogP contribution in [0.1, 0.15) is 10.4 Å². The van der Waals surface area contributed by atoms with Gasteiger partial charge in [0.2, 0.25) is 5.89 Å². The number of carbonyl (C=O) groups excluding carboxylic acids is 1. The number of nitro benzene ring substituents is 1. The number of benzene rings is 3. The lowest BCUT2D eigenvalue weighted by Crippen LogP contribution is -2.08. The Hall–Kier alpha value is -4.00. The normalized spacial score (nSPS) is 10.7. The molecule has 27 heavy (non-hydrogen) atoms. The number of aromatic nitrogens is 1. The van der Waals surface area contributed by atoms with Crippen LogP contribution in [0.5, 0.6) is 5.75 Å². The van der Waals surface area contributed by atoms with Crippen LogP contribution in [0.25, 0.3) is 22.6 Å². The van der Waals surface area contributed by atoms with Gasteiger partial charge in [0, 0.05) is 23.8 Å². The van der Waals surface area contributed by atoms with E-state index in [2.05, 4.69) is 4.98 Å². The monoisotopic (exact) mass is 360 g/mol. The molecule has 0 N–H and O–H groups in total. The Bertz CT molecular complexity index is 1150. The predicted octanol–water partition coefficient (Wildman–Crippen LogP) is 4.62. The van der Waals surface area contributed by atoms with Gasteiger partial charge in [-0.25, -0.2) is 9.78 Å². The first-order valence-electron chi connectivity index (χ1n) is 8.03. The Morgan fingerprint density at radius 2 is 1.81 bits per heavy atom. The Morgan fingerprint density at radius 1 is 1.00 bits per heavy atom. The molecule has 0 fully saturated rings. The van der Waals surface area contributed by atoms with Crippen molar-refractivity contribution in [1.29, 1.82) is 0 Å². The summed E-state index contributed by atoms with van der Waals surface area (Å²) in [6, 6.07) is 19.6. The highest BCUT2D eigenvalue weighted by Crippen LogP contribution is 2.27. The lowest BCUT2D eigenvalue weighted by molar-refractivity contribution is -0.384. The molecule has 4 rings (SSSR count). The number of esters is 1. The molecule has 0 amide bonds. The standard InChI is InChI=1S/C20H12N2O5/c23-20(14-7-4-8-15(11-14)22(24)25)26-16-9-10-17-18(12-16)27-19(21-17)13-5-2-1-3-6-13/h1-12H. The van der Waals surface area contributed by atoms with Gasteiger partial charge in [0.25, 0.3) is 5.69 Å². The second kappa shape index (κ2) is 6.72. The topological polar surface area (TPSA) is 95.5 Å². The van der Waals surface area contributed by atoms with Gasteiger partial charge < -0.3 is 9.15 Å². The Morgan fingerprint density at radius 3 is 2.59 bits per heavy atom. The molecular formula is C20H12N2O5. The minimum Gasteiger partial charge on any atom is -0.436 e. The number of nitrogens with zero attached hydrogens (tertiary/aromatic N) is 2. The number of hydrogen-bond donors (Lipinski definition) is 0. The maximum atomic E-state index is 12.3. The summed E-state index contributed by atoms with van der Waals surface area (Å²) in [6.07, 6.45) is 0. The molecule has 0 saturated carbocycles. The van der Waals surface area contributed by atoms with Crippen molar-refractivity contribution >= 4 is 22.8 Å². The van der Waals surface area contributed by atoms with Crippen molar-refractivity contribution in [2.24, 2.45) is 0 Å². The molecule has 0 atom stereocenters. The number of carbonyl (C=O) groups is 1. The fourth-order valence-corrected chi connectivity index (χ4v) is 2.59. The highest BCUT2D eigenvalue weighted by atomic mass is 16.6. The molecule has 0 bridgehead atoms. The first kappa shape index (κ1) is 16.5. The smallest absolute Gasteiger partial charge is 0.343 e. The molecule has 0 aliphatic rings. The van der Waals surface area contributed by atoms with Gasteiger partial charge in [0.15, 0.2) is 5.58 Å². The van der Waals surface area contributed by atoms with Crippen LogP contribution in [0.2, 0.25) is 0 Å². The van der Waals surface area contributed by atoms with E-state index in [9.17, 15) is 14.9 Å². The zero-order valence-corrected chi connectivity index (χ0v) is 13.9. The van der Waals surface area contributed by atoms with E-state index in [0.717, 1.165) is 5.56 Å².